The molecule has 1 amide bonds. The van der Waals surface area contributed by atoms with Crippen molar-refractivity contribution in [2.24, 2.45) is 0 Å². The Balaban J connectivity index is 1.81. The second kappa shape index (κ2) is 5.98. The fraction of sp³-hybridized carbons (Fsp3) is 0.214. The Kier molecular flexibility index (Phi) is 4.20. The Hall–Kier alpha value is -1.44. The summed E-state index contributed by atoms with van der Waals surface area (Å²) >= 11 is 10.7. The molecule has 114 valence electrons. The minimum atomic E-state index is -0.429. The second-order valence-corrected chi connectivity index (χ2v) is 7.14. The van der Waals surface area contributed by atoms with Crippen molar-refractivity contribution in [1.82, 2.24) is 14.8 Å². The van der Waals surface area contributed by atoms with E-state index in [4.69, 9.17) is 11.6 Å². The van der Waals surface area contributed by atoms with E-state index in [9.17, 15) is 4.79 Å². The first-order valence-corrected chi connectivity index (χ1v) is 8.51. The second-order valence-electron chi connectivity index (χ2n) is 4.82. The number of nitrogens with one attached hydrogen (secondary N) is 1. The summed E-state index contributed by atoms with van der Waals surface area (Å²) in [7, 11) is 0. The van der Waals surface area contributed by atoms with Gasteiger partial charge in [0.2, 0.25) is 0 Å². The third kappa shape index (κ3) is 2.88. The van der Waals surface area contributed by atoms with Crippen LogP contribution in [0.1, 0.15) is 18.7 Å². The van der Waals surface area contributed by atoms with E-state index in [0.29, 0.717) is 10.2 Å². The molecule has 5 nitrogen and oxygen atoms in total. The number of thiazole rings is 1. The van der Waals surface area contributed by atoms with Gasteiger partial charge >= 0.3 is 0 Å². The molecule has 0 aliphatic carbocycles. The van der Waals surface area contributed by atoms with Crippen molar-refractivity contribution in [1.29, 1.82) is 0 Å². The molecule has 1 atom stereocenters. The van der Waals surface area contributed by atoms with Crippen LogP contribution < -0.4 is 5.32 Å². The Morgan fingerprint density at radius 2 is 2.27 bits per heavy atom. The van der Waals surface area contributed by atoms with Crippen molar-refractivity contribution in [3.05, 3.63) is 39.6 Å². The third-order valence-electron chi connectivity index (χ3n) is 3.31. The molecule has 0 fully saturated rings. The third-order valence-corrected chi connectivity index (χ3v) is 5.26. The smallest absolute Gasteiger partial charge is 0.250 e. The molecule has 0 spiro atoms. The predicted molar refractivity (Wildman–Crippen MR) is 92.6 cm³/mol. The molecular formula is C14H12BrClN4OS. The largest absolute Gasteiger partial charge is 0.300 e. The molecule has 1 N–H and O–H groups in total. The van der Waals surface area contributed by atoms with Crippen LogP contribution in [0.15, 0.2) is 28.9 Å². The summed E-state index contributed by atoms with van der Waals surface area (Å²) in [6, 6.07) is 5.02. The fourth-order valence-corrected chi connectivity index (χ4v) is 3.48. The minimum absolute atomic E-state index is 0.163. The van der Waals surface area contributed by atoms with Gasteiger partial charge in [0.1, 0.15) is 6.04 Å². The molecule has 1 aromatic carbocycles. The molecular weight excluding hydrogens is 388 g/mol. The maximum atomic E-state index is 12.4. The van der Waals surface area contributed by atoms with Gasteiger partial charge in [0.25, 0.3) is 5.91 Å². The Morgan fingerprint density at radius 3 is 2.95 bits per heavy atom. The van der Waals surface area contributed by atoms with E-state index in [0.717, 1.165) is 20.4 Å². The number of amides is 1. The maximum Gasteiger partial charge on any atom is 0.250 e. The monoisotopic (exact) mass is 398 g/mol. The summed E-state index contributed by atoms with van der Waals surface area (Å²) in [6.07, 6.45) is 1.68. The molecule has 3 aromatic rings. The quantitative estimate of drug-likeness (QED) is 0.709. The number of anilines is 1. The van der Waals surface area contributed by atoms with Crippen LogP contribution in [-0.4, -0.2) is 20.7 Å². The van der Waals surface area contributed by atoms with E-state index in [1.54, 1.807) is 23.9 Å². The van der Waals surface area contributed by atoms with E-state index < -0.39 is 6.04 Å². The number of halogens is 2. The first-order chi connectivity index (χ1) is 10.5. The van der Waals surface area contributed by atoms with Gasteiger partial charge in [-0.3, -0.25) is 9.48 Å². The lowest BCUT2D eigenvalue weighted by Crippen LogP contribution is -2.25. The fourth-order valence-electron chi connectivity index (χ4n) is 2.07. The van der Waals surface area contributed by atoms with E-state index >= 15 is 0 Å². The van der Waals surface area contributed by atoms with E-state index in [1.807, 2.05) is 19.1 Å². The highest BCUT2D eigenvalue weighted by Gasteiger charge is 2.20. The number of fused-ring (bicyclic) bond motifs is 1. The van der Waals surface area contributed by atoms with Crippen LogP contribution in [0.4, 0.5) is 5.13 Å². The molecule has 0 radical (unpaired) electrons. The normalized spacial score (nSPS) is 12.5. The number of carbonyl (C=O) groups is 1. The molecule has 2 aromatic heterocycles. The van der Waals surface area contributed by atoms with Gasteiger partial charge < -0.3 is 5.32 Å². The van der Waals surface area contributed by atoms with Gasteiger partial charge in [-0.15, -0.1) is 0 Å². The lowest BCUT2D eigenvalue weighted by Gasteiger charge is -2.13. The predicted octanol–water partition coefficient (Wildman–Crippen LogP) is 4.42. The van der Waals surface area contributed by atoms with Gasteiger partial charge in [0.05, 0.1) is 26.6 Å². The number of rotatable bonds is 3. The molecule has 2 heterocycles. The van der Waals surface area contributed by atoms with Gasteiger partial charge in [-0.1, -0.05) is 22.9 Å². The van der Waals surface area contributed by atoms with Crippen LogP contribution in [0.2, 0.25) is 5.02 Å². The number of benzene rings is 1. The van der Waals surface area contributed by atoms with E-state index in [-0.39, 0.29) is 5.91 Å². The molecule has 22 heavy (non-hydrogen) atoms. The number of hydrogen-bond acceptors (Lipinski definition) is 4. The van der Waals surface area contributed by atoms with Crippen molar-refractivity contribution < 1.29 is 4.79 Å². The van der Waals surface area contributed by atoms with Gasteiger partial charge in [-0.25, -0.2) is 4.98 Å². The lowest BCUT2D eigenvalue weighted by atomic mass is 10.3. The summed E-state index contributed by atoms with van der Waals surface area (Å²) in [5.74, 6) is -0.163. The van der Waals surface area contributed by atoms with Gasteiger partial charge in [0.15, 0.2) is 5.13 Å². The Labute approximate surface area is 144 Å². The standard InChI is InChI=1S/C14H12BrClN4OS/c1-7-10(15)6-17-20(7)8(2)13(21)19-14-18-11-4-3-9(16)5-12(11)22-14/h3-6,8H,1-2H3,(H,18,19,21)/t8-/m1/s1. The molecule has 3 rings (SSSR count). The lowest BCUT2D eigenvalue weighted by molar-refractivity contribution is -0.119. The zero-order chi connectivity index (χ0) is 15.9. The molecule has 8 heteroatoms. The highest BCUT2D eigenvalue weighted by Crippen LogP contribution is 2.29. The van der Waals surface area contributed by atoms with Crippen molar-refractivity contribution in [3.8, 4) is 0 Å². The number of nitrogens with zero attached hydrogens (tertiary/aromatic N) is 3. The summed E-state index contributed by atoms with van der Waals surface area (Å²) in [6.45, 7) is 3.70. The van der Waals surface area contributed by atoms with Gasteiger partial charge in [-0.05, 0) is 48.0 Å². The minimum Gasteiger partial charge on any atom is -0.300 e. The molecule has 0 saturated heterocycles. The molecule has 0 saturated carbocycles. The molecule has 0 unspecified atom stereocenters. The summed E-state index contributed by atoms with van der Waals surface area (Å²) < 4.78 is 3.49. The van der Waals surface area contributed by atoms with Crippen molar-refractivity contribution in [2.45, 2.75) is 19.9 Å². The van der Waals surface area contributed by atoms with Crippen LogP contribution in [-0.2, 0) is 4.79 Å². The first-order valence-electron chi connectivity index (χ1n) is 6.52. The van der Waals surface area contributed by atoms with E-state index in [1.165, 1.54) is 11.3 Å². The van der Waals surface area contributed by atoms with Crippen molar-refractivity contribution in [3.63, 3.8) is 0 Å². The van der Waals surface area contributed by atoms with Crippen LogP contribution in [0, 0.1) is 6.92 Å². The average Bonchev–Trinajstić information content (AvgIpc) is 3.01. The summed E-state index contributed by atoms with van der Waals surface area (Å²) in [5.41, 5.74) is 1.72. The number of hydrogen-bond donors (Lipinski definition) is 1. The van der Waals surface area contributed by atoms with Crippen molar-refractivity contribution >= 4 is 60.1 Å². The van der Waals surface area contributed by atoms with E-state index in [2.05, 4.69) is 31.3 Å². The average molecular weight is 400 g/mol. The number of aromatic nitrogens is 3. The molecule has 0 aliphatic rings. The summed E-state index contributed by atoms with van der Waals surface area (Å²) in [5, 5.41) is 8.25. The van der Waals surface area contributed by atoms with Gasteiger partial charge in [0, 0.05) is 5.02 Å². The van der Waals surface area contributed by atoms with Gasteiger partial charge in [-0.2, -0.15) is 5.10 Å². The van der Waals surface area contributed by atoms with Crippen LogP contribution in [0.25, 0.3) is 10.2 Å². The number of carbonyl (C=O) groups excluding carboxylic acids is 1. The van der Waals surface area contributed by atoms with Crippen LogP contribution in [0.3, 0.4) is 0 Å². The Morgan fingerprint density at radius 1 is 1.50 bits per heavy atom. The Bertz CT molecular complexity index is 860. The van der Waals surface area contributed by atoms with Crippen molar-refractivity contribution in [2.75, 3.05) is 5.32 Å². The van der Waals surface area contributed by atoms with Crippen LogP contribution >= 0.6 is 38.9 Å². The first kappa shape index (κ1) is 15.5. The SMILES string of the molecule is Cc1c(Br)cnn1[C@H](C)C(=O)Nc1nc2ccc(Cl)cc2s1. The highest BCUT2D eigenvalue weighted by molar-refractivity contribution is 9.10. The highest BCUT2D eigenvalue weighted by atomic mass is 79.9. The molecule has 0 bridgehead atoms. The topological polar surface area (TPSA) is 59.8 Å². The molecule has 0 aliphatic heterocycles. The zero-order valence-electron chi connectivity index (χ0n) is 11.8. The maximum absolute atomic E-state index is 12.4. The zero-order valence-corrected chi connectivity index (χ0v) is 15.0. The van der Waals surface area contributed by atoms with Crippen LogP contribution in [0.5, 0.6) is 0 Å². The summed E-state index contributed by atoms with van der Waals surface area (Å²) in [4.78, 5) is 16.8.